The van der Waals surface area contributed by atoms with E-state index < -0.39 is 0 Å². The minimum Gasteiger partial charge on any atom is -0.466 e. The van der Waals surface area contributed by atoms with Crippen LogP contribution in [-0.2, 0) is 9.53 Å². The van der Waals surface area contributed by atoms with Crippen LogP contribution in [0.3, 0.4) is 0 Å². The smallest absolute Gasteiger partial charge is 0.310 e. The van der Waals surface area contributed by atoms with Crippen LogP contribution in [0, 0.1) is 5.92 Å². The quantitative estimate of drug-likeness (QED) is 0.876. The number of nitrogens with one attached hydrogen (secondary N) is 1. The van der Waals surface area contributed by atoms with Crippen LogP contribution in [0.5, 0.6) is 0 Å². The minimum absolute atomic E-state index is 0.0969. The summed E-state index contributed by atoms with van der Waals surface area (Å²) in [5.41, 5.74) is 2.49. The molecule has 0 aliphatic carbocycles. The Balaban J connectivity index is 1.85. The second kappa shape index (κ2) is 7.42. The number of carbonyl (C=O) groups excluding carboxylic acids is 1. The molecule has 120 valence electrons. The maximum atomic E-state index is 12.4. The van der Waals surface area contributed by atoms with Gasteiger partial charge in [-0.15, -0.1) is 0 Å². The SMILES string of the molecule is CCOC(=O)[C@@H]1CN[C@@H](c2ccccc2)C[C@H]1c1ccccc1. The van der Waals surface area contributed by atoms with Crippen LogP contribution in [0.2, 0.25) is 0 Å². The molecule has 1 aliphatic rings. The fraction of sp³-hybridized carbons (Fsp3) is 0.350. The van der Waals surface area contributed by atoms with E-state index >= 15 is 0 Å². The monoisotopic (exact) mass is 309 g/mol. The third-order valence-corrected chi connectivity index (χ3v) is 4.58. The topological polar surface area (TPSA) is 38.3 Å². The first-order chi connectivity index (χ1) is 11.3. The van der Waals surface area contributed by atoms with Gasteiger partial charge in [-0.25, -0.2) is 0 Å². The van der Waals surface area contributed by atoms with Crippen LogP contribution < -0.4 is 5.32 Å². The maximum absolute atomic E-state index is 12.4. The fourth-order valence-electron chi connectivity index (χ4n) is 3.42. The van der Waals surface area contributed by atoms with E-state index in [2.05, 4.69) is 41.7 Å². The Morgan fingerprint density at radius 1 is 1.04 bits per heavy atom. The van der Waals surface area contributed by atoms with Gasteiger partial charge in [0, 0.05) is 18.5 Å². The number of hydrogen-bond acceptors (Lipinski definition) is 3. The van der Waals surface area contributed by atoms with Gasteiger partial charge in [0.2, 0.25) is 0 Å². The van der Waals surface area contributed by atoms with Gasteiger partial charge in [0.15, 0.2) is 0 Å². The first-order valence-corrected chi connectivity index (χ1v) is 8.29. The van der Waals surface area contributed by atoms with Crippen molar-refractivity contribution < 1.29 is 9.53 Å². The molecule has 1 heterocycles. The molecule has 0 spiro atoms. The Kier molecular flexibility index (Phi) is 5.09. The second-order valence-corrected chi connectivity index (χ2v) is 5.98. The summed E-state index contributed by atoms with van der Waals surface area (Å²) in [6, 6.07) is 21.0. The first-order valence-electron chi connectivity index (χ1n) is 8.29. The van der Waals surface area contributed by atoms with Crippen molar-refractivity contribution >= 4 is 5.97 Å². The van der Waals surface area contributed by atoms with Crippen molar-refractivity contribution in [2.24, 2.45) is 5.92 Å². The van der Waals surface area contributed by atoms with E-state index in [9.17, 15) is 4.79 Å². The molecule has 1 fully saturated rings. The van der Waals surface area contributed by atoms with Crippen LogP contribution in [0.1, 0.15) is 36.4 Å². The third-order valence-electron chi connectivity index (χ3n) is 4.58. The first kappa shape index (κ1) is 15.8. The molecule has 0 bridgehead atoms. The van der Waals surface area contributed by atoms with E-state index in [1.54, 1.807) is 0 Å². The molecule has 2 aromatic rings. The number of hydrogen-bond donors (Lipinski definition) is 1. The third kappa shape index (κ3) is 3.62. The average molecular weight is 309 g/mol. The molecule has 1 aliphatic heterocycles. The van der Waals surface area contributed by atoms with Gasteiger partial charge >= 0.3 is 5.97 Å². The summed E-state index contributed by atoms with van der Waals surface area (Å²) in [5.74, 6) is -0.0422. The van der Waals surface area contributed by atoms with Crippen LogP contribution >= 0.6 is 0 Å². The zero-order valence-electron chi connectivity index (χ0n) is 13.4. The van der Waals surface area contributed by atoms with Gasteiger partial charge in [0.05, 0.1) is 12.5 Å². The standard InChI is InChI=1S/C20H23NO2/c1-2-23-20(22)18-14-21-19(16-11-7-4-8-12-16)13-17(18)15-9-5-3-6-10-15/h3-12,17-19,21H,2,13-14H2,1H3/t17-,18+,19+/m0/s1. The Labute approximate surface area is 137 Å². The molecule has 2 aromatic carbocycles. The van der Waals surface area contributed by atoms with Crippen molar-refractivity contribution in [2.45, 2.75) is 25.3 Å². The molecule has 3 heteroatoms. The van der Waals surface area contributed by atoms with E-state index in [0.29, 0.717) is 13.2 Å². The van der Waals surface area contributed by atoms with Crippen LogP contribution in [0.25, 0.3) is 0 Å². The summed E-state index contributed by atoms with van der Waals surface area (Å²) in [7, 11) is 0. The molecule has 1 N–H and O–H groups in total. The van der Waals surface area contributed by atoms with Crippen LogP contribution in [0.4, 0.5) is 0 Å². The highest BCUT2D eigenvalue weighted by Crippen LogP contribution is 2.38. The van der Waals surface area contributed by atoms with Gasteiger partial charge in [-0.05, 0) is 24.5 Å². The van der Waals surface area contributed by atoms with E-state index in [1.807, 2.05) is 31.2 Å². The highest BCUT2D eigenvalue weighted by molar-refractivity contribution is 5.74. The number of ether oxygens (including phenoxy) is 1. The number of carbonyl (C=O) groups is 1. The molecule has 0 aromatic heterocycles. The summed E-state index contributed by atoms with van der Waals surface area (Å²) in [6.45, 7) is 2.94. The Bertz CT molecular complexity index is 627. The summed E-state index contributed by atoms with van der Waals surface area (Å²) in [6.07, 6.45) is 0.900. The zero-order chi connectivity index (χ0) is 16.1. The van der Waals surface area contributed by atoms with Gasteiger partial charge in [-0.1, -0.05) is 60.7 Å². The van der Waals surface area contributed by atoms with Gasteiger partial charge in [0.1, 0.15) is 0 Å². The van der Waals surface area contributed by atoms with Crippen molar-refractivity contribution in [3.63, 3.8) is 0 Å². The summed E-state index contributed by atoms with van der Waals surface area (Å²) >= 11 is 0. The molecule has 3 atom stereocenters. The van der Waals surface area contributed by atoms with E-state index in [-0.39, 0.29) is 23.8 Å². The lowest BCUT2D eigenvalue weighted by molar-refractivity contribution is -0.149. The molecule has 3 rings (SSSR count). The molecule has 1 saturated heterocycles. The molecule has 0 saturated carbocycles. The lowest BCUT2D eigenvalue weighted by Crippen LogP contribution is -2.42. The van der Waals surface area contributed by atoms with Gasteiger partial charge in [-0.3, -0.25) is 4.79 Å². The highest BCUT2D eigenvalue weighted by atomic mass is 16.5. The highest BCUT2D eigenvalue weighted by Gasteiger charge is 2.37. The van der Waals surface area contributed by atoms with Crippen molar-refractivity contribution in [3.05, 3.63) is 71.8 Å². The molecule has 0 amide bonds. The van der Waals surface area contributed by atoms with Gasteiger partial charge in [0.25, 0.3) is 0 Å². The van der Waals surface area contributed by atoms with Crippen LogP contribution in [-0.4, -0.2) is 19.1 Å². The molecule has 0 radical (unpaired) electrons. The van der Waals surface area contributed by atoms with Gasteiger partial charge < -0.3 is 10.1 Å². The van der Waals surface area contributed by atoms with Crippen LogP contribution in [0.15, 0.2) is 60.7 Å². The maximum Gasteiger partial charge on any atom is 0.310 e. The number of rotatable bonds is 4. The summed E-state index contributed by atoms with van der Waals surface area (Å²) in [5, 5.41) is 3.52. The van der Waals surface area contributed by atoms with Crippen molar-refractivity contribution in [1.29, 1.82) is 0 Å². The molecule has 23 heavy (non-hydrogen) atoms. The average Bonchev–Trinajstić information content (AvgIpc) is 2.63. The number of benzene rings is 2. The molecular formula is C20H23NO2. The van der Waals surface area contributed by atoms with E-state index in [0.717, 1.165) is 6.42 Å². The predicted octanol–water partition coefficient (Wildman–Crippen LogP) is 3.68. The molecule has 0 unspecified atom stereocenters. The number of esters is 1. The van der Waals surface area contributed by atoms with E-state index in [1.165, 1.54) is 11.1 Å². The fourth-order valence-corrected chi connectivity index (χ4v) is 3.42. The summed E-state index contributed by atoms with van der Waals surface area (Å²) < 4.78 is 5.30. The Morgan fingerprint density at radius 2 is 1.65 bits per heavy atom. The van der Waals surface area contributed by atoms with Crippen molar-refractivity contribution in [3.8, 4) is 0 Å². The Hall–Kier alpha value is -2.13. The zero-order valence-corrected chi connectivity index (χ0v) is 13.4. The number of piperidine rings is 1. The second-order valence-electron chi connectivity index (χ2n) is 5.98. The normalized spacial score (nSPS) is 24.1. The van der Waals surface area contributed by atoms with E-state index in [4.69, 9.17) is 4.74 Å². The predicted molar refractivity (Wildman–Crippen MR) is 91.1 cm³/mol. The summed E-state index contributed by atoms with van der Waals surface area (Å²) in [4.78, 5) is 12.4. The van der Waals surface area contributed by atoms with Gasteiger partial charge in [-0.2, -0.15) is 0 Å². The molecular weight excluding hydrogens is 286 g/mol. The van der Waals surface area contributed by atoms with Crippen molar-refractivity contribution in [1.82, 2.24) is 5.32 Å². The lowest BCUT2D eigenvalue weighted by Gasteiger charge is -2.36. The lowest BCUT2D eigenvalue weighted by atomic mass is 9.77. The minimum atomic E-state index is -0.127. The Morgan fingerprint density at radius 3 is 2.26 bits per heavy atom. The largest absolute Gasteiger partial charge is 0.466 e. The molecule has 3 nitrogen and oxygen atoms in total. The van der Waals surface area contributed by atoms with Crippen molar-refractivity contribution in [2.75, 3.05) is 13.2 Å².